The summed E-state index contributed by atoms with van der Waals surface area (Å²) in [6.45, 7) is 8.82. The van der Waals surface area contributed by atoms with Crippen molar-refractivity contribution in [1.82, 2.24) is 20.2 Å². The van der Waals surface area contributed by atoms with Gasteiger partial charge in [0.15, 0.2) is 5.96 Å². The van der Waals surface area contributed by atoms with Gasteiger partial charge in [0, 0.05) is 45.2 Å². The molecule has 0 aliphatic carbocycles. The molecule has 2 heterocycles. The van der Waals surface area contributed by atoms with E-state index in [2.05, 4.69) is 32.1 Å². The number of nitrogens with zero attached hydrogens (tertiary/aromatic N) is 3. The van der Waals surface area contributed by atoms with Gasteiger partial charge in [0.05, 0.1) is 6.26 Å². The molecule has 2 aromatic heterocycles. The van der Waals surface area contributed by atoms with Crippen molar-refractivity contribution in [1.29, 1.82) is 0 Å². The second-order valence-corrected chi connectivity index (χ2v) is 6.05. The number of unbranched alkanes of at least 4 members (excludes halogenated alkanes) is 1. The van der Waals surface area contributed by atoms with E-state index in [1.807, 2.05) is 31.5 Å². The summed E-state index contributed by atoms with van der Waals surface area (Å²) in [7, 11) is 0. The molecule has 7 nitrogen and oxygen atoms in total. The van der Waals surface area contributed by atoms with Crippen LogP contribution in [0.4, 0.5) is 0 Å². The zero-order valence-corrected chi connectivity index (χ0v) is 15.9. The van der Waals surface area contributed by atoms with Gasteiger partial charge in [-0.15, -0.1) is 0 Å². The Labute approximate surface area is 155 Å². The molecule has 0 amide bonds. The number of rotatable bonds is 12. The van der Waals surface area contributed by atoms with E-state index in [4.69, 9.17) is 9.15 Å². The van der Waals surface area contributed by atoms with E-state index in [1.165, 1.54) is 0 Å². The lowest BCUT2D eigenvalue weighted by Crippen LogP contribution is -2.38. The molecule has 144 valence electrons. The van der Waals surface area contributed by atoms with Gasteiger partial charge >= 0.3 is 0 Å². The van der Waals surface area contributed by atoms with Gasteiger partial charge in [0.25, 0.3) is 0 Å². The van der Waals surface area contributed by atoms with Gasteiger partial charge in [0.1, 0.15) is 18.2 Å². The molecule has 26 heavy (non-hydrogen) atoms. The number of aliphatic imine (C=N–C) groups is 1. The SMILES string of the molecule is CCNC(=NCCCOCc1ccco1)NCCCCn1ccnc1C. The van der Waals surface area contributed by atoms with E-state index >= 15 is 0 Å². The first-order valence-electron chi connectivity index (χ1n) is 9.39. The van der Waals surface area contributed by atoms with Crippen LogP contribution in [-0.4, -0.2) is 41.8 Å². The molecule has 0 unspecified atom stereocenters. The molecule has 0 atom stereocenters. The van der Waals surface area contributed by atoms with Crippen LogP contribution in [0.25, 0.3) is 0 Å². The highest BCUT2D eigenvalue weighted by Crippen LogP contribution is 2.02. The van der Waals surface area contributed by atoms with Gasteiger partial charge in [-0.2, -0.15) is 0 Å². The first kappa shape index (κ1) is 20.0. The van der Waals surface area contributed by atoms with Gasteiger partial charge < -0.3 is 24.4 Å². The molecule has 0 aliphatic rings. The van der Waals surface area contributed by atoms with Gasteiger partial charge in [-0.1, -0.05) is 0 Å². The van der Waals surface area contributed by atoms with E-state index < -0.39 is 0 Å². The summed E-state index contributed by atoms with van der Waals surface area (Å²) in [5.41, 5.74) is 0. The van der Waals surface area contributed by atoms with Gasteiger partial charge in [0.2, 0.25) is 0 Å². The summed E-state index contributed by atoms with van der Waals surface area (Å²) in [6, 6.07) is 3.79. The first-order valence-corrected chi connectivity index (χ1v) is 9.39. The molecule has 0 spiro atoms. The molecule has 0 fully saturated rings. The highest BCUT2D eigenvalue weighted by Gasteiger charge is 1.99. The van der Waals surface area contributed by atoms with Crippen LogP contribution < -0.4 is 10.6 Å². The third-order valence-electron chi connectivity index (χ3n) is 3.93. The van der Waals surface area contributed by atoms with Crippen molar-refractivity contribution in [2.45, 2.75) is 46.3 Å². The minimum absolute atomic E-state index is 0.519. The predicted octanol–water partition coefficient (Wildman–Crippen LogP) is 2.73. The minimum atomic E-state index is 0.519. The Bertz CT molecular complexity index is 622. The molecule has 0 radical (unpaired) electrons. The largest absolute Gasteiger partial charge is 0.467 e. The fourth-order valence-corrected chi connectivity index (χ4v) is 2.52. The average Bonchev–Trinajstić information content (AvgIpc) is 3.29. The van der Waals surface area contributed by atoms with E-state index in [1.54, 1.807) is 6.26 Å². The number of aryl methyl sites for hydroxylation is 2. The van der Waals surface area contributed by atoms with Crippen molar-refractivity contribution in [2.75, 3.05) is 26.2 Å². The van der Waals surface area contributed by atoms with Crippen LogP contribution in [0.15, 0.2) is 40.2 Å². The zero-order valence-electron chi connectivity index (χ0n) is 15.9. The van der Waals surface area contributed by atoms with Crippen LogP contribution >= 0.6 is 0 Å². The summed E-state index contributed by atoms with van der Waals surface area (Å²) < 4.78 is 13.0. The van der Waals surface area contributed by atoms with Gasteiger partial charge in [-0.05, 0) is 45.2 Å². The highest BCUT2D eigenvalue weighted by atomic mass is 16.5. The smallest absolute Gasteiger partial charge is 0.191 e. The topological polar surface area (TPSA) is 76.6 Å². The molecule has 2 N–H and O–H groups in total. The van der Waals surface area contributed by atoms with Crippen molar-refractivity contribution >= 4 is 5.96 Å². The zero-order chi connectivity index (χ0) is 18.5. The van der Waals surface area contributed by atoms with Crippen molar-refractivity contribution in [3.05, 3.63) is 42.4 Å². The maximum atomic E-state index is 5.57. The van der Waals surface area contributed by atoms with Crippen LogP contribution in [-0.2, 0) is 17.9 Å². The summed E-state index contributed by atoms with van der Waals surface area (Å²) in [6.07, 6.45) is 8.63. The molecular formula is C19H31N5O2. The third-order valence-corrected chi connectivity index (χ3v) is 3.93. The Kier molecular flexibility index (Phi) is 9.35. The lowest BCUT2D eigenvalue weighted by molar-refractivity contribution is 0.105. The van der Waals surface area contributed by atoms with Crippen molar-refractivity contribution in [3.63, 3.8) is 0 Å². The fraction of sp³-hybridized carbons (Fsp3) is 0.579. The van der Waals surface area contributed by atoms with Gasteiger partial charge in [-0.3, -0.25) is 4.99 Å². The Morgan fingerprint density at radius 1 is 1.31 bits per heavy atom. The molecule has 0 saturated carbocycles. The van der Waals surface area contributed by atoms with Crippen LogP contribution in [0.2, 0.25) is 0 Å². The number of nitrogens with one attached hydrogen (secondary N) is 2. The van der Waals surface area contributed by atoms with Crippen LogP contribution in [0.1, 0.15) is 37.8 Å². The van der Waals surface area contributed by atoms with E-state index in [0.29, 0.717) is 13.2 Å². The van der Waals surface area contributed by atoms with Crippen molar-refractivity contribution in [2.24, 2.45) is 4.99 Å². The summed E-state index contributed by atoms with van der Waals surface area (Å²) >= 11 is 0. The average molecular weight is 361 g/mol. The Morgan fingerprint density at radius 3 is 2.96 bits per heavy atom. The standard InChI is InChI=1S/C19H31N5O2/c1-3-20-19(22-9-4-5-12-24-13-11-21-17(24)2)23-10-7-14-25-16-18-8-6-15-26-18/h6,8,11,13,15H,3-5,7,9-10,12,14,16H2,1-2H3,(H2,20,22,23). The first-order chi connectivity index (χ1) is 12.8. The number of furan rings is 1. The summed E-state index contributed by atoms with van der Waals surface area (Å²) in [5, 5.41) is 6.66. The summed E-state index contributed by atoms with van der Waals surface area (Å²) in [5.74, 6) is 2.80. The minimum Gasteiger partial charge on any atom is -0.467 e. The van der Waals surface area contributed by atoms with E-state index in [9.17, 15) is 0 Å². The monoisotopic (exact) mass is 361 g/mol. The quantitative estimate of drug-likeness (QED) is 0.345. The number of ether oxygens (including phenoxy) is 1. The number of hydrogen-bond donors (Lipinski definition) is 2. The maximum absolute atomic E-state index is 5.57. The second kappa shape index (κ2) is 12.1. The molecule has 7 heteroatoms. The normalized spacial score (nSPS) is 11.7. The summed E-state index contributed by atoms with van der Waals surface area (Å²) in [4.78, 5) is 8.83. The highest BCUT2D eigenvalue weighted by molar-refractivity contribution is 5.79. The van der Waals surface area contributed by atoms with E-state index in [0.717, 1.165) is 63.0 Å². The third kappa shape index (κ3) is 7.74. The Hall–Kier alpha value is -2.28. The molecule has 0 bridgehead atoms. The maximum Gasteiger partial charge on any atom is 0.191 e. The van der Waals surface area contributed by atoms with Crippen molar-refractivity contribution in [3.8, 4) is 0 Å². The van der Waals surface area contributed by atoms with Crippen LogP contribution in [0, 0.1) is 6.92 Å². The molecule has 0 aromatic carbocycles. The Morgan fingerprint density at radius 2 is 2.23 bits per heavy atom. The Balaban J connectivity index is 1.54. The molecular weight excluding hydrogens is 330 g/mol. The predicted molar refractivity (Wildman–Crippen MR) is 103 cm³/mol. The molecule has 2 rings (SSSR count). The number of hydrogen-bond acceptors (Lipinski definition) is 4. The van der Waals surface area contributed by atoms with E-state index in [-0.39, 0.29) is 0 Å². The molecule has 0 aliphatic heterocycles. The van der Waals surface area contributed by atoms with Gasteiger partial charge in [-0.25, -0.2) is 4.98 Å². The number of imidazole rings is 1. The molecule has 2 aromatic rings. The van der Waals surface area contributed by atoms with Crippen molar-refractivity contribution < 1.29 is 9.15 Å². The van der Waals surface area contributed by atoms with Crippen LogP contribution in [0.3, 0.4) is 0 Å². The number of aromatic nitrogens is 2. The lowest BCUT2D eigenvalue weighted by Gasteiger charge is -2.11. The van der Waals surface area contributed by atoms with Crippen LogP contribution in [0.5, 0.6) is 0 Å². The fourth-order valence-electron chi connectivity index (χ4n) is 2.52. The number of guanidine groups is 1. The lowest BCUT2D eigenvalue weighted by atomic mass is 10.3. The molecule has 0 saturated heterocycles. The second-order valence-electron chi connectivity index (χ2n) is 6.05.